The highest BCUT2D eigenvalue weighted by atomic mass is 32.2. The molecule has 1 N–H and O–H groups in total. The predicted octanol–water partition coefficient (Wildman–Crippen LogP) is 3.64. The third-order valence-corrected chi connectivity index (χ3v) is 10.4. The van der Waals surface area contributed by atoms with Crippen LogP contribution in [0.25, 0.3) is 10.8 Å². The van der Waals surface area contributed by atoms with Crippen LogP contribution in [-0.2, 0) is 19.1 Å². The van der Waals surface area contributed by atoms with Crippen molar-refractivity contribution >= 4 is 46.0 Å². The van der Waals surface area contributed by atoms with Crippen LogP contribution in [0.15, 0.2) is 55.1 Å². The largest absolute Gasteiger partial charge is 0.466 e. The van der Waals surface area contributed by atoms with E-state index in [-0.39, 0.29) is 48.7 Å². The van der Waals surface area contributed by atoms with Crippen molar-refractivity contribution in [3.8, 4) is 0 Å². The molecule has 5 rings (SSSR count). The summed E-state index contributed by atoms with van der Waals surface area (Å²) in [6.45, 7) is 9.72. The summed E-state index contributed by atoms with van der Waals surface area (Å²) < 4.78 is 4.63. The fraction of sp³-hybridized carbons (Fsp3) is 0.483. The van der Waals surface area contributed by atoms with Crippen molar-refractivity contribution in [3.63, 3.8) is 0 Å². The van der Waals surface area contributed by atoms with E-state index in [4.69, 9.17) is 4.74 Å². The smallest absolute Gasteiger partial charge is 0.310 e. The van der Waals surface area contributed by atoms with Crippen molar-refractivity contribution < 1.29 is 24.2 Å². The highest BCUT2D eigenvalue weighted by molar-refractivity contribution is 8.02. The number of nitrogens with zero attached hydrogens (tertiary/aromatic N) is 2. The van der Waals surface area contributed by atoms with E-state index in [9.17, 15) is 19.5 Å². The summed E-state index contributed by atoms with van der Waals surface area (Å²) >= 11 is 1.61. The van der Waals surface area contributed by atoms with E-state index in [1.807, 2.05) is 42.5 Å². The van der Waals surface area contributed by atoms with Gasteiger partial charge >= 0.3 is 5.97 Å². The molecule has 0 aromatic heterocycles. The minimum Gasteiger partial charge on any atom is -0.466 e. The first kappa shape index (κ1) is 25.8. The maximum atomic E-state index is 14.6. The average molecular weight is 523 g/mol. The quantitative estimate of drug-likeness (QED) is 0.421. The minimum absolute atomic E-state index is 0.0363. The van der Waals surface area contributed by atoms with Crippen molar-refractivity contribution in [1.82, 2.24) is 4.90 Å². The van der Waals surface area contributed by atoms with Crippen LogP contribution >= 0.6 is 11.8 Å². The van der Waals surface area contributed by atoms with Crippen LogP contribution in [0.2, 0.25) is 0 Å². The molecule has 0 aliphatic carbocycles. The SMILES string of the molecule is C=CCN(C(=O)C1N([C@H](C)CO)C(=O)[C@@H]2[C@@H](C(=O)OCC)[C@H]3CC(C)C12S3)c1ccc2ccccc2c1. The van der Waals surface area contributed by atoms with Gasteiger partial charge in [0, 0.05) is 17.5 Å². The number of fused-ring (bicyclic) bond motifs is 2. The zero-order valence-corrected chi connectivity index (χ0v) is 22.3. The standard InChI is InChI=1S/C29H34N2O5S/c1-5-13-30(21-12-11-19-9-7-8-10-20(19)15-21)27(34)25-29-17(3)14-22(37-29)23(28(35)36-6-2)24(29)26(33)31(25)18(4)16-32/h5,7-12,15,17-18,22-25,32H,1,6,13-14,16H2,2-4H3/t17?,18-,22-,23+,24+,25?,29?/m1/s1. The van der Waals surface area contributed by atoms with Gasteiger partial charge < -0.3 is 19.6 Å². The van der Waals surface area contributed by atoms with E-state index in [1.54, 1.807) is 41.5 Å². The van der Waals surface area contributed by atoms with Crippen molar-refractivity contribution in [2.45, 2.75) is 49.3 Å². The lowest BCUT2D eigenvalue weighted by molar-refractivity contribution is -0.154. The number of ether oxygens (including phenoxy) is 1. The zero-order valence-electron chi connectivity index (χ0n) is 21.5. The molecule has 1 spiro atoms. The fourth-order valence-electron chi connectivity index (χ4n) is 6.75. The van der Waals surface area contributed by atoms with Gasteiger partial charge in [-0.25, -0.2) is 0 Å². The van der Waals surface area contributed by atoms with E-state index >= 15 is 0 Å². The topological polar surface area (TPSA) is 87.2 Å². The van der Waals surface area contributed by atoms with Crippen LogP contribution in [-0.4, -0.2) is 69.6 Å². The summed E-state index contributed by atoms with van der Waals surface area (Å²) in [6, 6.07) is 12.4. The third-order valence-electron chi connectivity index (χ3n) is 8.34. The van der Waals surface area contributed by atoms with Gasteiger partial charge in [-0.15, -0.1) is 18.3 Å². The number of carbonyl (C=O) groups is 3. The van der Waals surface area contributed by atoms with Crippen LogP contribution in [0.1, 0.15) is 27.2 Å². The second-order valence-corrected chi connectivity index (χ2v) is 11.9. The van der Waals surface area contributed by atoms with Gasteiger partial charge in [-0.1, -0.05) is 43.3 Å². The lowest BCUT2D eigenvalue weighted by Crippen LogP contribution is -2.59. The highest BCUT2D eigenvalue weighted by Gasteiger charge is 2.77. The van der Waals surface area contributed by atoms with Crippen LogP contribution in [0.4, 0.5) is 5.69 Å². The number of esters is 1. The number of hydrogen-bond donors (Lipinski definition) is 1. The number of anilines is 1. The second-order valence-electron chi connectivity index (χ2n) is 10.4. The molecule has 3 aliphatic rings. The van der Waals surface area contributed by atoms with Crippen molar-refractivity contribution in [3.05, 3.63) is 55.1 Å². The van der Waals surface area contributed by atoms with E-state index in [0.29, 0.717) is 0 Å². The lowest BCUT2D eigenvalue weighted by Gasteiger charge is -2.41. The van der Waals surface area contributed by atoms with Crippen LogP contribution < -0.4 is 4.90 Å². The molecule has 37 heavy (non-hydrogen) atoms. The predicted molar refractivity (Wildman–Crippen MR) is 145 cm³/mol. The van der Waals surface area contributed by atoms with Crippen molar-refractivity contribution in [2.75, 3.05) is 24.7 Å². The van der Waals surface area contributed by atoms with Gasteiger partial charge in [0.15, 0.2) is 0 Å². The Labute approximate surface area is 221 Å². The molecule has 3 heterocycles. The maximum Gasteiger partial charge on any atom is 0.310 e. The molecular formula is C29H34N2O5S. The number of hydrogen-bond acceptors (Lipinski definition) is 6. The summed E-state index contributed by atoms with van der Waals surface area (Å²) in [7, 11) is 0. The molecule has 7 atom stereocenters. The number of thioether (sulfide) groups is 1. The molecule has 0 radical (unpaired) electrons. The molecule has 3 unspecified atom stereocenters. The Morgan fingerprint density at radius 3 is 2.70 bits per heavy atom. The number of likely N-dealkylation sites (tertiary alicyclic amines) is 1. The first-order chi connectivity index (χ1) is 17.8. The molecule has 2 aromatic carbocycles. The van der Waals surface area contributed by atoms with Gasteiger partial charge in [0.2, 0.25) is 5.91 Å². The lowest BCUT2D eigenvalue weighted by atomic mass is 9.66. The van der Waals surface area contributed by atoms with E-state index in [0.717, 1.165) is 22.9 Å². The van der Waals surface area contributed by atoms with E-state index < -0.39 is 28.7 Å². The summed E-state index contributed by atoms with van der Waals surface area (Å²) in [4.78, 5) is 44.9. The Bertz CT molecular complexity index is 1250. The second kappa shape index (κ2) is 9.80. The van der Waals surface area contributed by atoms with Gasteiger partial charge in [-0.3, -0.25) is 14.4 Å². The molecular weight excluding hydrogens is 488 g/mol. The number of carbonyl (C=O) groups excluding carboxylic acids is 3. The van der Waals surface area contributed by atoms with Crippen LogP contribution in [0.3, 0.4) is 0 Å². The molecule has 196 valence electrons. The summed E-state index contributed by atoms with van der Waals surface area (Å²) in [5.41, 5.74) is 0.722. The number of amides is 2. The third kappa shape index (κ3) is 3.79. The van der Waals surface area contributed by atoms with Crippen molar-refractivity contribution in [1.29, 1.82) is 0 Å². The molecule has 2 aromatic rings. The number of aliphatic hydroxyl groups is 1. The Kier molecular flexibility index (Phi) is 6.83. The van der Waals surface area contributed by atoms with Crippen LogP contribution in [0.5, 0.6) is 0 Å². The first-order valence-corrected chi connectivity index (χ1v) is 13.9. The average Bonchev–Trinajstić information content (AvgIpc) is 3.50. The molecule has 2 amide bonds. The van der Waals surface area contributed by atoms with Gasteiger partial charge in [0.1, 0.15) is 6.04 Å². The Hall–Kier alpha value is -2.84. The fourth-order valence-corrected chi connectivity index (χ4v) is 9.14. The van der Waals surface area contributed by atoms with Crippen LogP contribution in [0, 0.1) is 17.8 Å². The number of benzene rings is 2. The van der Waals surface area contributed by atoms with E-state index in [1.165, 1.54) is 0 Å². The molecule has 3 aliphatic heterocycles. The van der Waals surface area contributed by atoms with Gasteiger partial charge in [-0.05, 0) is 49.1 Å². The monoisotopic (exact) mass is 522 g/mol. The first-order valence-electron chi connectivity index (χ1n) is 13.0. The molecule has 8 heteroatoms. The maximum absolute atomic E-state index is 14.6. The zero-order chi connectivity index (χ0) is 26.5. The molecule has 0 saturated carbocycles. The number of rotatable bonds is 8. The summed E-state index contributed by atoms with van der Waals surface area (Å²) in [5.74, 6) is -2.03. The molecule has 3 saturated heterocycles. The van der Waals surface area contributed by atoms with Gasteiger partial charge in [0.05, 0.1) is 35.8 Å². The number of aliphatic hydroxyl groups excluding tert-OH is 1. The molecule has 2 bridgehead atoms. The molecule has 7 nitrogen and oxygen atoms in total. The van der Waals surface area contributed by atoms with E-state index in [2.05, 4.69) is 13.5 Å². The van der Waals surface area contributed by atoms with Crippen molar-refractivity contribution in [2.24, 2.45) is 17.8 Å². The Morgan fingerprint density at radius 2 is 2.03 bits per heavy atom. The molecule has 3 fully saturated rings. The van der Waals surface area contributed by atoms with Gasteiger partial charge in [-0.2, -0.15) is 0 Å². The summed E-state index contributed by atoms with van der Waals surface area (Å²) in [6.07, 6.45) is 2.42. The Morgan fingerprint density at radius 1 is 1.30 bits per heavy atom. The minimum atomic E-state index is -0.817. The summed E-state index contributed by atoms with van der Waals surface area (Å²) in [5, 5.41) is 12.1. The van der Waals surface area contributed by atoms with Gasteiger partial charge in [0.25, 0.3) is 5.91 Å². The normalized spacial score (nSPS) is 30.9. The highest BCUT2D eigenvalue weighted by Crippen LogP contribution is 2.69. The Balaban J connectivity index is 1.62.